The quantitative estimate of drug-likeness (QED) is 0.768. The molecule has 2 N–H and O–H groups in total. The number of nitrogens with one attached hydrogen (secondary N) is 2. The average molecular weight is 224 g/mol. The summed E-state index contributed by atoms with van der Waals surface area (Å²) in [4.78, 5) is 12.0. The zero-order valence-electron chi connectivity index (χ0n) is 11.3. The summed E-state index contributed by atoms with van der Waals surface area (Å²) in [5.41, 5.74) is 0.497. The van der Waals surface area contributed by atoms with Crippen molar-refractivity contribution in [3.05, 3.63) is 11.6 Å². The zero-order chi connectivity index (χ0) is 12.6. The maximum atomic E-state index is 12.0. The predicted molar refractivity (Wildman–Crippen MR) is 67.2 cm³/mol. The molecule has 3 heteroatoms. The van der Waals surface area contributed by atoms with E-state index in [1.165, 1.54) is 0 Å². The molecule has 0 saturated carbocycles. The molecule has 0 radical (unpaired) electrons. The number of hydrogen-bond acceptors (Lipinski definition) is 2. The van der Waals surface area contributed by atoms with Crippen LogP contribution in [0, 0.1) is 5.92 Å². The Morgan fingerprint density at radius 2 is 1.94 bits per heavy atom. The highest BCUT2D eigenvalue weighted by atomic mass is 16.1. The van der Waals surface area contributed by atoms with Crippen LogP contribution in [-0.2, 0) is 4.79 Å². The van der Waals surface area contributed by atoms with E-state index in [9.17, 15) is 4.79 Å². The molecule has 0 atom stereocenters. The Labute approximate surface area is 98.7 Å². The van der Waals surface area contributed by atoms with Gasteiger partial charge in [0.2, 0.25) is 5.91 Å². The first-order valence-electron chi connectivity index (χ1n) is 5.95. The van der Waals surface area contributed by atoms with Crippen LogP contribution in [-0.4, -0.2) is 23.5 Å². The lowest BCUT2D eigenvalue weighted by molar-refractivity contribution is -0.118. The highest BCUT2D eigenvalue weighted by molar-refractivity contribution is 5.96. The normalized spacial score (nSPS) is 22.1. The van der Waals surface area contributed by atoms with E-state index in [0.717, 1.165) is 12.1 Å². The standard InChI is InChI=1S/C13H24N2O/c1-9(2)8-14-11(16)10-7-12(3,4)15-13(10,5)6/h7,9,15H,8H2,1-6H3,(H,14,16). The van der Waals surface area contributed by atoms with Gasteiger partial charge in [-0.05, 0) is 33.6 Å². The Morgan fingerprint density at radius 3 is 2.31 bits per heavy atom. The van der Waals surface area contributed by atoms with Crippen LogP contribution in [0.3, 0.4) is 0 Å². The smallest absolute Gasteiger partial charge is 0.248 e. The van der Waals surface area contributed by atoms with E-state index in [0.29, 0.717) is 5.92 Å². The summed E-state index contributed by atoms with van der Waals surface area (Å²) >= 11 is 0. The first kappa shape index (κ1) is 13.2. The van der Waals surface area contributed by atoms with Crippen molar-refractivity contribution in [3.8, 4) is 0 Å². The first-order chi connectivity index (χ1) is 7.14. The summed E-state index contributed by atoms with van der Waals surface area (Å²) in [6.07, 6.45) is 2.03. The van der Waals surface area contributed by atoms with Crippen molar-refractivity contribution in [2.45, 2.75) is 52.6 Å². The Hall–Kier alpha value is -0.830. The third-order valence-corrected chi connectivity index (χ3v) is 2.73. The van der Waals surface area contributed by atoms with E-state index in [-0.39, 0.29) is 17.0 Å². The molecule has 1 aliphatic heterocycles. The van der Waals surface area contributed by atoms with Crippen molar-refractivity contribution in [1.82, 2.24) is 10.6 Å². The molecule has 0 aliphatic carbocycles. The van der Waals surface area contributed by atoms with E-state index in [1.807, 2.05) is 19.9 Å². The van der Waals surface area contributed by atoms with Crippen LogP contribution in [0.2, 0.25) is 0 Å². The Bertz CT molecular complexity index is 314. The maximum absolute atomic E-state index is 12.0. The molecular weight excluding hydrogens is 200 g/mol. The maximum Gasteiger partial charge on any atom is 0.248 e. The highest BCUT2D eigenvalue weighted by Gasteiger charge is 2.39. The second kappa shape index (κ2) is 4.21. The molecule has 0 aromatic rings. The molecule has 1 amide bonds. The van der Waals surface area contributed by atoms with Crippen LogP contribution < -0.4 is 10.6 Å². The van der Waals surface area contributed by atoms with Crippen molar-refractivity contribution >= 4 is 5.91 Å². The molecule has 0 saturated heterocycles. The van der Waals surface area contributed by atoms with E-state index < -0.39 is 0 Å². The van der Waals surface area contributed by atoms with Gasteiger partial charge in [0, 0.05) is 23.2 Å². The third-order valence-electron chi connectivity index (χ3n) is 2.73. The molecule has 0 aromatic carbocycles. The van der Waals surface area contributed by atoms with E-state index in [2.05, 4.69) is 38.3 Å². The van der Waals surface area contributed by atoms with Gasteiger partial charge in [-0.3, -0.25) is 10.1 Å². The molecule has 0 bridgehead atoms. The molecule has 1 aliphatic rings. The Morgan fingerprint density at radius 1 is 1.38 bits per heavy atom. The molecule has 0 unspecified atom stereocenters. The summed E-state index contributed by atoms with van der Waals surface area (Å²) in [5, 5.41) is 6.40. The molecule has 92 valence electrons. The topological polar surface area (TPSA) is 41.1 Å². The van der Waals surface area contributed by atoms with Gasteiger partial charge >= 0.3 is 0 Å². The third kappa shape index (κ3) is 3.08. The molecule has 1 rings (SSSR count). The molecule has 0 fully saturated rings. The summed E-state index contributed by atoms with van der Waals surface area (Å²) in [5.74, 6) is 0.534. The largest absolute Gasteiger partial charge is 0.352 e. The average Bonchev–Trinajstić information content (AvgIpc) is 2.30. The van der Waals surface area contributed by atoms with E-state index in [1.54, 1.807) is 0 Å². The van der Waals surface area contributed by atoms with Crippen molar-refractivity contribution in [3.63, 3.8) is 0 Å². The molecule has 0 spiro atoms. The molecule has 1 heterocycles. The van der Waals surface area contributed by atoms with E-state index >= 15 is 0 Å². The van der Waals surface area contributed by atoms with Crippen molar-refractivity contribution in [1.29, 1.82) is 0 Å². The summed E-state index contributed by atoms with van der Waals surface area (Å²) in [6, 6.07) is 0. The fourth-order valence-corrected chi connectivity index (χ4v) is 2.19. The van der Waals surface area contributed by atoms with Crippen LogP contribution in [0.25, 0.3) is 0 Å². The fraction of sp³-hybridized carbons (Fsp3) is 0.769. The number of amides is 1. The second-order valence-electron chi connectivity index (χ2n) is 6.13. The lowest BCUT2D eigenvalue weighted by Crippen LogP contribution is -2.47. The number of carbonyl (C=O) groups is 1. The summed E-state index contributed by atoms with van der Waals surface area (Å²) < 4.78 is 0. The van der Waals surface area contributed by atoms with Gasteiger partial charge in [0.05, 0.1) is 0 Å². The van der Waals surface area contributed by atoms with Gasteiger partial charge in [-0.2, -0.15) is 0 Å². The van der Waals surface area contributed by atoms with Gasteiger partial charge < -0.3 is 5.32 Å². The first-order valence-corrected chi connectivity index (χ1v) is 5.95. The van der Waals surface area contributed by atoms with Crippen molar-refractivity contribution in [2.24, 2.45) is 5.92 Å². The number of hydrogen-bond donors (Lipinski definition) is 2. The minimum atomic E-state index is -0.245. The van der Waals surface area contributed by atoms with Crippen LogP contribution in [0.4, 0.5) is 0 Å². The zero-order valence-corrected chi connectivity index (χ0v) is 11.3. The van der Waals surface area contributed by atoms with Gasteiger partial charge in [0.25, 0.3) is 0 Å². The second-order valence-corrected chi connectivity index (χ2v) is 6.13. The minimum Gasteiger partial charge on any atom is -0.352 e. The summed E-state index contributed by atoms with van der Waals surface area (Å²) in [6.45, 7) is 13.2. The Kier molecular flexibility index (Phi) is 3.48. The predicted octanol–water partition coefficient (Wildman–Crippen LogP) is 1.85. The monoisotopic (exact) mass is 224 g/mol. The van der Waals surface area contributed by atoms with Gasteiger partial charge in [-0.25, -0.2) is 0 Å². The van der Waals surface area contributed by atoms with Gasteiger partial charge in [0.1, 0.15) is 0 Å². The van der Waals surface area contributed by atoms with Gasteiger partial charge in [0.15, 0.2) is 0 Å². The van der Waals surface area contributed by atoms with Crippen LogP contribution in [0.5, 0.6) is 0 Å². The van der Waals surface area contributed by atoms with Gasteiger partial charge in [-0.1, -0.05) is 19.9 Å². The number of carbonyl (C=O) groups excluding carboxylic acids is 1. The lowest BCUT2D eigenvalue weighted by Gasteiger charge is -2.27. The lowest BCUT2D eigenvalue weighted by atomic mass is 9.96. The number of rotatable bonds is 3. The Balaban J connectivity index is 2.75. The minimum absolute atomic E-state index is 0.0526. The van der Waals surface area contributed by atoms with Gasteiger partial charge in [-0.15, -0.1) is 0 Å². The van der Waals surface area contributed by atoms with Crippen LogP contribution in [0.1, 0.15) is 41.5 Å². The van der Waals surface area contributed by atoms with Crippen LogP contribution in [0.15, 0.2) is 11.6 Å². The van der Waals surface area contributed by atoms with Crippen molar-refractivity contribution in [2.75, 3.05) is 6.54 Å². The van der Waals surface area contributed by atoms with Crippen LogP contribution >= 0.6 is 0 Å². The molecule has 16 heavy (non-hydrogen) atoms. The summed E-state index contributed by atoms with van der Waals surface area (Å²) in [7, 11) is 0. The highest BCUT2D eigenvalue weighted by Crippen LogP contribution is 2.29. The fourth-order valence-electron chi connectivity index (χ4n) is 2.19. The van der Waals surface area contributed by atoms with Crippen molar-refractivity contribution < 1.29 is 4.79 Å². The van der Waals surface area contributed by atoms with E-state index in [4.69, 9.17) is 0 Å². The molecular formula is C13H24N2O. The molecule has 3 nitrogen and oxygen atoms in total. The molecule has 0 aromatic heterocycles. The SMILES string of the molecule is CC(C)CNC(=O)C1=CC(C)(C)NC1(C)C.